The van der Waals surface area contributed by atoms with Crippen molar-refractivity contribution in [3.8, 4) is 33.8 Å². The summed E-state index contributed by atoms with van der Waals surface area (Å²) in [6.45, 7) is 5.92. The SMILES string of the molecule is CC(=O)C(C)Oc1cc(-c2c(Cl)n3n(c2=O)CCCC3)ccc1Cl.O=c1c(-c2ccc(Cl)c(O)c2)c(Cl)n2n1CCCC2. The molecule has 2 aromatic heterocycles. The van der Waals surface area contributed by atoms with Gasteiger partial charge in [-0.1, -0.05) is 58.5 Å². The number of ketones is 1. The number of halogens is 4. The first-order valence-corrected chi connectivity index (χ1v) is 15.4. The summed E-state index contributed by atoms with van der Waals surface area (Å²) >= 11 is 24.7. The zero-order valence-corrected chi connectivity index (χ0v) is 26.6. The third-order valence-corrected chi connectivity index (χ3v) is 9.06. The van der Waals surface area contributed by atoms with E-state index in [0.717, 1.165) is 38.8 Å². The van der Waals surface area contributed by atoms with Gasteiger partial charge in [-0.15, -0.1) is 0 Å². The smallest absolute Gasteiger partial charge is 0.276 e. The highest BCUT2D eigenvalue weighted by atomic mass is 35.5. The molecule has 4 aromatic rings. The van der Waals surface area contributed by atoms with Crippen LogP contribution in [-0.4, -0.2) is 35.7 Å². The normalized spacial score (nSPS) is 14.7. The van der Waals surface area contributed by atoms with Crippen LogP contribution < -0.4 is 15.9 Å². The summed E-state index contributed by atoms with van der Waals surface area (Å²) in [6.07, 6.45) is 3.34. The Morgan fingerprint density at radius 1 is 0.744 bits per heavy atom. The molecule has 1 N–H and O–H groups in total. The Bertz CT molecular complexity index is 1820. The summed E-state index contributed by atoms with van der Waals surface area (Å²) in [6, 6.07) is 9.77. The maximum atomic E-state index is 12.7. The molecular weight excluding hydrogens is 638 g/mol. The third kappa shape index (κ3) is 6.13. The minimum atomic E-state index is -0.614. The number of fused-ring (bicyclic) bond motifs is 2. The van der Waals surface area contributed by atoms with Crippen LogP contribution in [0, 0.1) is 0 Å². The highest BCUT2D eigenvalue weighted by molar-refractivity contribution is 6.33. The van der Waals surface area contributed by atoms with E-state index < -0.39 is 6.10 Å². The summed E-state index contributed by atoms with van der Waals surface area (Å²) in [5, 5.41) is 11.1. The molecule has 1 unspecified atom stereocenters. The molecule has 6 rings (SSSR count). The van der Waals surface area contributed by atoms with E-state index in [2.05, 4.69) is 0 Å². The van der Waals surface area contributed by atoms with Gasteiger partial charge in [-0.25, -0.2) is 9.36 Å². The highest BCUT2D eigenvalue weighted by Gasteiger charge is 2.24. The molecule has 4 heterocycles. The molecule has 2 aliphatic heterocycles. The Kier molecular flexibility index (Phi) is 9.37. The molecule has 0 spiro atoms. The van der Waals surface area contributed by atoms with E-state index in [4.69, 9.17) is 51.1 Å². The number of carbonyl (C=O) groups is 1. The van der Waals surface area contributed by atoms with E-state index in [1.165, 1.54) is 13.0 Å². The Morgan fingerprint density at radius 3 is 1.63 bits per heavy atom. The van der Waals surface area contributed by atoms with Crippen molar-refractivity contribution >= 4 is 52.2 Å². The second-order valence-electron chi connectivity index (χ2n) is 10.5. The third-order valence-electron chi connectivity index (χ3n) is 7.66. The number of nitrogens with zero attached hydrogens (tertiary/aromatic N) is 4. The number of hydrogen-bond donors (Lipinski definition) is 1. The highest BCUT2D eigenvalue weighted by Crippen LogP contribution is 2.35. The lowest BCUT2D eigenvalue weighted by molar-refractivity contribution is -0.122. The van der Waals surface area contributed by atoms with Crippen LogP contribution >= 0.6 is 46.4 Å². The molecule has 43 heavy (non-hydrogen) atoms. The fraction of sp³-hybridized carbons (Fsp3) is 0.367. The largest absolute Gasteiger partial charge is 0.506 e. The first kappa shape index (κ1) is 31.3. The maximum absolute atomic E-state index is 12.7. The molecule has 0 fully saturated rings. The number of phenols is 1. The van der Waals surface area contributed by atoms with Crippen molar-refractivity contribution in [1.82, 2.24) is 18.7 Å². The van der Waals surface area contributed by atoms with Gasteiger partial charge in [-0.2, -0.15) is 0 Å². The molecule has 228 valence electrons. The molecular formula is C30H30Cl4N4O5. The molecule has 0 aliphatic carbocycles. The van der Waals surface area contributed by atoms with Gasteiger partial charge in [0.05, 0.1) is 21.2 Å². The Hall–Kier alpha value is -3.11. The van der Waals surface area contributed by atoms with Gasteiger partial charge >= 0.3 is 0 Å². The summed E-state index contributed by atoms with van der Waals surface area (Å²) in [7, 11) is 0. The number of Topliss-reactive ketones (excluding diaryl/α,β-unsaturated/α-hetero) is 1. The molecule has 0 saturated carbocycles. The summed E-state index contributed by atoms with van der Waals surface area (Å²) in [5.41, 5.74) is 1.85. The average Bonchev–Trinajstić information content (AvgIpc) is 3.40. The van der Waals surface area contributed by atoms with Crippen LogP contribution in [0.4, 0.5) is 0 Å². The van der Waals surface area contributed by atoms with Gasteiger partial charge in [-0.3, -0.25) is 23.7 Å². The molecule has 0 bridgehead atoms. The molecule has 2 aliphatic rings. The molecule has 2 aromatic carbocycles. The number of phenolic OH excluding ortho intramolecular Hbond substituents is 1. The molecule has 13 heteroatoms. The van der Waals surface area contributed by atoms with Crippen LogP contribution in [0.5, 0.6) is 11.5 Å². The van der Waals surface area contributed by atoms with E-state index in [-0.39, 0.29) is 27.7 Å². The first-order chi connectivity index (χ1) is 20.5. The molecule has 0 amide bonds. The minimum Gasteiger partial charge on any atom is -0.506 e. The maximum Gasteiger partial charge on any atom is 0.276 e. The van der Waals surface area contributed by atoms with E-state index in [1.807, 2.05) is 4.68 Å². The van der Waals surface area contributed by atoms with Crippen molar-refractivity contribution in [1.29, 1.82) is 0 Å². The lowest BCUT2D eigenvalue weighted by Crippen LogP contribution is -2.27. The topological polar surface area (TPSA) is 100 Å². The predicted octanol–water partition coefficient (Wildman–Crippen LogP) is 6.90. The fourth-order valence-corrected chi connectivity index (χ4v) is 6.24. The van der Waals surface area contributed by atoms with Gasteiger partial charge in [-0.05, 0) is 74.9 Å². The predicted molar refractivity (Wildman–Crippen MR) is 169 cm³/mol. The zero-order valence-electron chi connectivity index (χ0n) is 23.6. The van der Waals surface area contributed by atoms with Gasteiger partial charge in [0.1, 0.15) is 21.8 Å². The molecule has 9 nitrogen and oxygen atoms in total. The number of ether oxygens (including phenoxy) is 1. The van der Waals surface area contributed by atoms with Gasteiger partial charge in [0, 0.05) is 26.2 Å². The monoisotopic (exact) mass is 666 g/mol. The van der Waals surface area contributed by atoms with Gasteiger partial charge in [0.2, 0.25) is 0 Å². The van der Waals surface area contributed by atoms with Crippen LogP contribution in [0.3, 0.4) is 0 Å². The molecule has 0 radical (unpaired) electrons. The quantitative estimate of drug-likeness (QED) is 0.250. The zero-order chi connectivity index (χ0) is 31.0. The summed E-state index contributed by atoms with van der Waals surface area (Å²) in [4.78, 5) is 36.5. The lowest BCUT2D eigenvalue weighted by atomic mass is 10.1. The van der Waals surface area contributed by atoms with E-state index in [9.17, 15) is 19.5 Å². The summed E-state index contributed by atoms with van der Waals surface area (Å²) < 4.78 is 12.6. The Balaban J connectivity index is 0.000000176. The van der Waals surface area contributed by atoms with E-state index >= 15 is 0 Å². The lowest BCUT2D eigenvalue weighted by Gasteiger charge is -2.17. The number of aromatic hydroxyl groups is 1. The van der Waals surface area contributed by atoms with E-state index in [0.29, 0.717) is 56.4 Å². The number of carbonyl (C=O) groups excluding carboxylic acids is 1. The van der Waals surface area contributed by atoms with Crippen molar-refractivity contribution in [2.45, 2.75) is 71.8 Å². The summed E-state index contributed by atoms with van der Waals surface area (Å²) in [5.74, 6) is 0.208. The number of benzene rings is 2. The van der Waals surface area contributed by atoms with Gasteiger partial charge < -0.3 is 9.84 Å². The number of rotatable bonds is 5. The average molecular weight is 668 g/mol. The number of hydrogen-bond acceptors (Lipinski definition) is 5. The van der Waals surface area contributed by atoms with Crippen LogP contribution in [0.2, 0.25) is 20.4 Å². The van der Waals surface area contributed by atoms with Crippen LogP contribution in [-0.2, 0) is 31.0 Å². The van der Waals surface area contributed by atoms with Crippen molar-refractivity contribution < 1.29 is 14.6 Å². The van der Waals surface area contributed by atoms with Crippen LogP contribution in [0.1, 0.15) is 39.5 Å². The van der Waals surface area contributed by atoms with Crippen LogP contribution in [0.25, 0.3) is 22.3 Å². The van der Waals surface area contributed by atoms with Crippen molar-refractivity contribution in [2.75, 3.05) is 0 Å². The first-order valence-electron chi connectivity index (χ1n) is 13.9. The minimum absolute atomic E-state index is 0.0520. The standard InChI is InChI=1S/C17H18Cl2N2O3.C13H12Cl2N2O2/c1-10(22)11(2)24-14-9-12(5-6-13(14)18)15-16(19)20-7-3-4-8-21(20)17(15)23;14-9-4-3-8(7-10(9)18)11-12(15)16-5-1-2-6-17(16)13(11)19/h5-6,9,11H,3-4,7-8H2,1-2H3;3-4,7,18H,1-2,5-6H2. The van der Waals surface area contributed by atoms with Gasteiger partial charge in [0.25, 0.3) is 11.1 Å². The Labute approximate surface area is 267 Å². The van der Waals surface area contributed by atoms with Crippen molar-refractivity contribution in [3.63, 3.8) is 0 Å². The van der Waals surface area contributed by atoms with Crippen LogP contribution in [0.15, 0.2) is 46.0 Å². The molecule has 1 atom stereocenters. The van der Waals surface area contributed by atoms with E-state index in [1.54, 1.807) is 51.3 Å². The number of aromatic nitrogens is 4. The second kappa shape index (κ2) is 12.9. The second-order valence-corrected chi connectivity index (χ2v) is 12.1. The molecule has 0 saturated heterocycles. The van der Waals surface area contributed by atoms with Gasteiger partial charge in [0.15, 0.2) is 11.9 Å². The Morgan fingerprint density at radius 2 is 1.19 bits per heavy atom. The van der Waals surface area contributed by atoms with Crippen molar-refractivity contribution in [3.05, 3.63) is 77.5 Å². The van der Waals surface area contributed by atoms with Crippen molar-refractivity contribution in [2.24, 2.45) is 0 Å². The fourth-order valence-electron chi connectivity index (χ4n) is 5.23.